The lowest BCUT2D eigenvalue weighted by Crippen LogP contribution is -2.48. The number of rotatable bonds is 2. The van der Waals surface area contributed by atoms with Gasteiger partial charge in [-0.05, 0) is 18.2 Å². The van der Waals surface area contributed by atoms with E-state index in [2.05, 4.69) is 15.9 Å². The van der Waals surface area contributed by atoms with Crippen LogP contribution < -0.4 is 0 Å². The van der Waals surface area contributed by atoms with Crippen molar-refractivity contribution in [3.63, 3.8) is 0 Å². The Morgan fingerprint density at radius 3 is 2.35 bits per heavy atom. The fourth-order valence-corrected chi connectivity index (χ4v) is 2.42. The molecule has 1 heterocycles. The van der Waals surface area contributed by atoms with Gasteiger partial charge in [0.25, 0.3) is 6.43 Å². The summed E-state index contributed by atoms with van der Waals surface area (Å²) < 4.78 is 66.3. The Morgan fingerprint density at radius 2 is 1.85 bits per heavy atom. The number of nitrogens with zero attached hydrogens (tertiary/aromatic N) is 1. The van der Waals surface area contributed by atoms with Crippen molar-refractivity contribution in [1.29, 1.82) is 0 Å². The van der Waals surface area contributed by atoms with Gasteiger partial charge in [0.2, 0.25) is 5.60 Å². The van der Waals surface area contributed by atoms with Gasteiger partial charge in [0.15, 0.2) is 0 Å². The molecular weight excluding hydrogens is 349 g/mol. The molecule has 0 saturated heterocycles. The van der Waals surface area contributed by atoms with Crippen LogP contribution in [0.15, 0.2) is 28.9 Å². The smallest absolute Gasteiger partial charge is 0.372 e. The van der Waals surface area contributed by atoms with Crippen LogP contribution >= 0.6 is 15.9 Å². The normalized spacial score (nSPS) is 15.8. The van der Waals surface area contributed by atoms with Gasteiger partial charge < -0.3 is 9.67 Å². The van der Waals surface area contributed by atoms with Crippen molar-refractivity contribution in [3.05, 3.63) is 34.4 Å². The van der Waals surface area contributed by atoms with Crippen LogP contribution in [0.3, 0.4) is 0 Å². The first-order valence-electron chi connectivity index (χ1n) is 5.41. The quantitative estimate of drug-likeness (QED) is 0.808. The van der Waals surface area contributed by atoms with E-state index in [-0.39, 0.29) is 5.39 Å². The molecule has 0 aliphatic carbocycles. The van der Waals surface area contributed by atoms with Crippen LogP contribution in [-0.2, 0) is 12.6 Å². The first-order valence-corrected chi connectivity index (χ1v) is 6.20. The van der Waals surface area contributed by atoms with E-state index in [1.165, 1.54) is 23.7 Å². The number of aromatic nitrogens is 1. The summed E-state index contributed by atoms with van der Waals surface area (Å²) in [6.07, 6.45) is -8.61. The lowest BCUT2D eigenvalue weighted by molar-refractivity contribution is -0.305. The van der Waals surface area contributed by atoms with Crippen LogP contribution in [-0.4, -0.2) is 22.3 Å². The predicted octanol–water partition coefficient (Wildman–Crippen LogP) is 3.96. The predicted molar refractivity (Wildman–Crippen MR) is 66.6 cm³/mol. The van der Waals surface area contributed by atoms with E-state index in [0.29, 0.717) is 9.99 Å². The highest BCUT2D eigenvalue weighted by Crippen LogP contribution is 2.46. The Labute approximate surface area is 118 Å². The first-order chi connectivity index (χ1) is 9.09. The van der Waals surface area contributed by atoms with E-state index >= 15 is 0 Å². The minimum absolute atomic E-state index is 0.0815. The average molecular weight is 358 g/mol. The molecule has 2 aromatic rings. The Balaban J connectivity index is 2.82. The number of hydrogen-bond donors (Lipinski definition) is 1. The molecule has 20 heavy (non-hydrogen) atoms. The second-order valence-electron chi connectivity index (χ2n) is 4.38. The third-order valence-electron chi connectivity index (χ3n) is 3.11. The van der Waals surface area contributed by atoms with E-state index in [4.69, 9.17) is 0 Å². The van der Waals surface area contributed by atoms with Gasteiger partial charge in [0.05, 0.1) is 0 Å². The standard InChI is InChI=1S/C12H9BrF5NO/c1-19-5-8(7-4-6(13)2-3-9(7)19)11(20,10(14)15)12(16,17)18/h2-5,10,20H,1H3. The SMILES string of the molecule is Cn1cc(C(O)(C(F)F)C(F)(F)F)c2cc(Br)ccc21. The first kappa shape index (κ1) is 15.2. The maximum absolute atomic E-state index is 12.9. The van der Waals surface area contributed by atoms with E-state index in [9.17, 15) is 27.1 Å². The highest BCUT2D eigenvalue weighted by Gasteiger charge is 2.62. The molecule has 0 bridgehead atoms. The molecule has 8 heteroatoms. The molecule has 0 spiro atoms. The number of aliphatic hydroxyl groups is 1. The molecule has 1 aromatic carbocycles. The zero-order chi connectivity index (χ0) is 15.3. The molecule has 1 N–H and O–H groups in total. The molecule has 1 aromatic heterocycles. The molecule has 0 aliphatic rings. The number of alkyl halides is 5. The highest BCUT2D eigenvalue weighted by atomic mass is 79.9. The van der Waals surface area contributed by atoms with E-state index in [0.717, 1.165) is 6.20 Å². The van der Waals surface area contributed by atoms with Crippen LogP contribution in [0.25, 0.3) is 10.9 Å². The van der Waals surface area contributed by atoms with Crippen molar-refractivity contribution in [3.8, 4) is 0 Å². The molecule has 0 amide bonds. The lowest BCUT2D eigenvalue weighted by Gasteiger charge is -2.29. The Bertz CT molecular complexity index is 651. The average Bonchev–Trinajstić information content (AvgIpc) is 2.63. The minimum atomic E-state index is -5.49. The van der Waals surface area contributed by atoms with E-state index in [1.807, 2.05) is 0 Å². The number of fused-ring (bicyclic) bond motifs is 1. The Kier molecular flexibility index (Phi) is 3.58. The number of aryl methyl sites for hydroxylation is 1. The molecule has 2 rings (SSSR count). The van der Waals surface area contributed by atoms with Gasteiger partial charge in [0.1, 0.15) is 0 Å². The number of benzene rings is 1. The van der Waals surface area contributed by atoms with Crippen molar-refractivity contribution in [2.24, 2.45) is 7.05 Å². The Morgan fingerprint density at radius 1 is 1.25 bits per heavy atom. The third-order valence-corrected chi connectivity index (χ3v) is 3.60. The van der Waals surface area contributed by atoms with Gasteiger partial charge in [-0.3, -0.25) is 0 Å². The zero-order valence-electron chi connectivity index (χ0n) is 10.0. The second-order valence-corrected chi connectivity index (χ2v) is 5.30. The van der Waals surface area contributed by atoms with Gasteiger partial charge in [-0.2, -0.15) is 13.2 Å². The van der Waals surface area contributed by atoms with Gasteiger partial charge in [-0.15, -0.1) is 0 Å². The Hall–Kier alpha value is -1.15. The van der Waals surface area contributed by atoms with Crippen molar-refractivity contribution >= 4 is 26.8 Å². The van der Waals surface area contributed by atoms with Crippen molar-refractivity contribution in [1.82, 2.24) is 4.57 Å². The van der Waals surface area contributed by atoms with Gasteiger partial charge in [-0.1, -0.05) is 15.9 Å². The van der Waals surface area contributed by atoms with Gasteiger partial charge in [0, 0.05) is 34.2 Å². The second kappa shape index (κ2) is 4.70. The van der Waals surface area contributed by atoms with E-state index < -0.39 is 23.8 Å². The zero-order valence-corrected chi connectivity index (χ0v) is 11.6. The summed E-state index contributed by atoms with van der Waals surface area (Å²) in [5.74, 6) is 0. The summed E-state index contributed by atoms with van der Waals surface area (Å²) >= 11 is 3.07. The highest BCUT2D eigenvalue weighted by molar-refractivity contribution is 9.10. The van der Waals surface area contributed by atoms with Crippen LogP contribution in [0, 0.1) is 0 Å². The molecule has 0 fully saturated rings. The van der Waals surface area contributed by atoms with Crippen molar-refractivity contribution in [2.45, 2.75) is 18.2 Å². The van der Waals surface area contributed by atoms with Crippen LogP contribution in [0.5, 0.6) is 0 Å². The van der Waals surface area contributed by atoms with Crippen molar-refractivity contribution < 1.29 is 27.1 Å². The number of halogens is 6. The maximum atomic E-state index is 12.9. The number of hydrogen-bond acceptors (Lipinski definition) is 1. The molecule has 1 atom stereocenters. The topological polar surface area (TPSA) is 25.2 Å². The lowest BCUT2D eigenvalue weighted by atomic mass is 9.93. The van der Waals surface area contributed by atoms with Crippen molar-refractivity contribution in [2.75, 3.05) is 0 Å². The summed E-state index contributed by atoms with van der Waals surface area (Å²) in [5.41, 5.74) is -4.75. The third kappa shape index (κ3) is 2.10. The van der Waals surface area contributed by atoms with Gasteiger partial charge >= 0.3 is 6.18 Å². The molecule has 110 valence electrons. The molecule has 2 nitrogen and oxygen atoms in total. The molecule has 0 aliphatic heterocycles. The maximum Gasteiger partial charge on any atom is 0.427 e. The van der Waals surface area contributed by atoms with Gasteiger partial charge in [-0.25, -0.2) is 8.78 Å². The monoisotopic (exact) mass is 357 g/mol. The fourth-order valence-electron chi connectivity index (χ4n) is 2.06. The van der Waals surface area contributed by atoms with Crippen LogP contribution in [0.2, 0.25) is 0 Å². The van der Waals surface area contributed by atoms with E-state index in [1.54, 1.807) is 6.07 Å². The largest absolute Gasteiger partial charge is 0.427 e. The molecule has 0 saturated carbocycles. The summed E-state index contributed by atoms with van der Waals surface area (Å²) in [7, 11) is 1.42. The van der Waals surface area contributed by atoms with Crippen LogP contribution in [0.1, 0.15) is 5.56 Å². The summed E-state index contributed by atoms with van der Waals surface area (Å²) in [6.45, 7) is 0. The minimum Gasteiger partial charge on any atom is -0.372 e. The molecule has 0 radical (unpaired) electrons. The molecule has 1 unspecified atom stereocenters. The summed E-state index contributed by atoms with van der Waals surface area (Å²) in [4.78, 5) is 0. The molecular formula is C12H9BrF5NO. The summed E-state index contributed by atoms with van der Waals surface area (Å²) in [6, 6.07) is 4.32. The van der Waals surface area contributed by atoms with Crippen LogP contribution in [0.4, 0.5) is 22.0 Å². The fraction of sp³-hybridized carbons (Fsp3) is 0.333. The summed E-state index contributed by atoms with van der Waals surface area (Å²) in [5, 5.41) is 9.51.